The molecular formula is C13H11OS. The Labute approximate surface area is 93.0 Å². The number of rotatable bonds is 1. The molecule has 0 amide bonds. The molecule has 2 aromatic rings. The number of hydrogen-bond donors (Lipinski definition) is 0. The molecule has 1 unspecified atom stereocenters. The Morgan fingerprint density at radius 1 is 1.27 bits per heavy atom. The lowest BCUT2D eigenvalue weighted by Gasteiger charge is -2.08. The second-order valence-electron chi connectivity index (χ2n) is 3.97. The first-order chi connectivity index (χ1) is 7.34. The monoisotopic (exact) mass is 215 g/mol. The van der Waals surface area contributed by atoms with Crippen LogP contribution in [0, 0.1) is 0 Å². The van der Waals surface area contributed by atoms with Crippen molar-refractivity contribution in [1.29, 1.82) is 0 Å². The Morgan fingerprint density at radius 2 is 2.20 bits per heavy atom. The van der Waals surface area contributed by atoms with Crippen molar-refractivity contribution in [3.8, 4) is 5.75 Å². The molecule has 75 valence electrons. The van der Waals surface area contributed by atoms with Gasteiger partial charge < -0.3 is 0 Å². The van der Waals surface area contributed by atoms with E-state index in [4.69, 9.17) is 0 Å². The number of aryl methyl sites for hydroxylation is 1. The van der Waals surface area contributed by atoms with Crippen molar-refractivity contribution >= 4 is 11.3 Å². The molecule has 1 heterocycles. The third kappa shape index (κ3) is 1.45. The summed E-state index contributed by atoms with van der Waals surface area (Å²) >= 11 is 1.81. The van der Waals surface area contributed by atoms with Gasteiger partial charge in [-0.15, -0.1) is 11.3 Å². The van der Waals surface area contributed by atoms with E-state index in [-0.39, 0.29) is 5.75 Å². The number of fused-ring (bicyclic) bond motifs is 1. The highest BCUT2D eigenvalue weighted by Crippen LogP contribution is 2.40. The van der Waals surface area contributed by atoms with Crippen molar-refractivity contribution in [2.75, 3.05) is 0 Å². The van der Waals surface area contributed by atoms with Gasteiger partial charge in [0.2, 0.25) is 0 Å². The first-order valence-corrected chi connectivity index (χ1v) is 6.06. The summed E-state index contributed by atoms with van der Waals surface area (Å²) in [6.07, 6.45) is 2.20. The largest absolute Gasteiger partial charge is 0.290 e. The third-order valence-corrected chi connectivity index (χ3v) is 4.06. The van der Waals surface area contributed by atoms with Crippen LogP contribution in [0.15, 0.2) is 35.7 Å². The van der Waals surface area contributed by atoms with Crippen LogP contribution in [0.2, 0.25) is 0 Å². The maximum Gasteiger partial charge on any atom is 0.178 e. The van der Waals surface area contributed by atoms with E-state index in [1.54, 1.807) is 12.1 Å². The minimum Gasteiger partial charge on any atom is -0.290 e. The van der Waals surface area contributed by atoms with E-state index < -0.39 is 0 Å². The van der Waals surface area contributed by atoms with Crippen molar-refractivity contribution in [3.63, 3.8) is 0 Å². The quantitative estimate of drug-likeness (QED) is 0.686. The first kappa shape index (κ1) is 8.98. The molecule has 0 fully saturated rings. The van der Waals surface area contributed by atoms with Crippen molar-refractivity contribution < 1.29 is 5.11 Å². The van der Waals surface area contributed by atoms with Gasteiger partial charge in [-0.05, 0) is 47.5 Å². The van der Waals surface area contributed by atoms with E-state index in [0.29, 0.717) is 5.92 Å². The maximum atomic E-state index is 11.2. The molecule has 1 nitrogen and oxygen atoms in total. The molecule has 1 aromatic heterocycles. The van der Waals surface area contributed by atoms with E-state index in [0.717, 1.165) is 12.8 Å². The molecule has 0 aliphatic heterocycles. The molecule has 0 spiro atoms. The molecular weight excluding hydrogens is 204 g/mol. The number of hydrogen-bond acceptors (Lipinski definition) is 1. The van der Waals surface area contributed by atoms with Gasteiger partial charge in [0.05, 0.1) is 0 Å². The number of benzene rings is 1. The molecule has 1 atom stereocenters. The highest BCUT2D eigenvalue weighted by atomic mass is 32.1. The molecule has 1 aromatic carbocycles. The number of thiophene rings is 1. The van der Waals surface area contributed by atoms with Crippen LogP contribution >= 0.6 is 11.3 Å². The fourth-order valence-electron chi connectivity index (χ4n) is 2.38. The Kier molecular flexibility index (Phi) is 2.03. The van der Waals surface area contributed by atoms with Crippen LogP contribution in [-0.4, -0.2) is 0 Å². The lowest BCUT2D eigenvalue weighted by molar-refractivity contribution is 0.354. The summed E-state index contributed by atoms with van der Waals surface area (Å²) in [5.41, 5.74) is 2.61. The minimum atomic E-state index is 0.139. The molecule has 1 radical (unpaired) electrons. The molecule has 3 rings (SSSR count). The zero-order chi connectivity index (χ0) is 10.3. The van der Waals surface area contributed by atoms with E-state index in [1.807, 2.05) is 17.4 Å². The van der Waals surface area contributed by atoms with E-state index in [2.05, 4.69) is 17.5 Å². The Hall–Kier alpha value is -1.28. The lowest BCUT2D eigenvalue weighted by Crippen LogP contribution is -1.91. The smallest absolute Gasteiger partial charge is 0.178 e. The Bertz CT molecular complexity index is 473. The second kappa shape index (κ2) is 3.38. The fourth-order valence-corrected chi connectivity index (χ4v) is 3.26. The molecule has 0 N–H and O–H groups in total. The van der Waals surface area contributed by atoms with Gasteiger partial charge >= 0.3 is 0 Å². The normalized spacial score (nSPS) is 19.1. The standard InChI is InChI=1S/C13H11OS/c14-10-4-6-11-9(8-10)3-5-12(11)13-2-1-7-15-13/h1-2,4,6-8,12H,3,5H2. The van der Waals surface area contributed by atoms with Gasteiger partial charge in [-0.1, -0.05) is 12.1 Å². The van der Waals surface area contributed by atoms with Gasteiger partial charge in [0.25, 0.3) is 0 Å². The topological polar surface area (TPSA) is 19.9 Å². The summed E-state index contributed by atoms with van der Waals surface area (Å²) in [7, 11) is 0. The van der Waals surface area contributed by atoms with Gasteiger partial charge in [-0.3, -0.25) is 5.11 Å². The Morgan fingerprint density at radius 3 is 3.00 bits per heavy atom. The minimum absolute atomic E-state index is 0.139. The molecule has 1 aliphatic carbocycles. The Balaban J connectivity index is 2.05. The highest BCUT2D eigenvalue weighted by Gasteiger charge is 2.24. The van der Waals surface area contributed by atoms with Crippen LogP contribution < -0.4 is 0 Å². The molecule has 0 saturated heterocycles. The molecule has 15 heavy (non-hydrogen) atoms. The average Bonchev–Trinajstić information content (AvgIpc) is 2.82. The van der Waals surface area contributed by atoms with E-state index in [1.165, 1.54) is 16.0 Å². The summed E-state index contributed by atoms with van der Waals surface area (Å²) in [5.74, 6) is 0.668. The highest BCUT2D eigenvalue weighted by molar-refractivity contribution is 7.10. The van der Waals surface area contributed by atoms with Crippen molar-refractivity contribution in [3.05, 3.63) is 51.7 Å². The molecule has 2 heteroatoms. The SMILES string of the molecule is [O]c1ccc2c(c1)CCC2c1cccs1. The van der Waals surface area contributed by atoms with Gasteiger partial charge in [0.1, 0.15) is 0 Å². The first-order valence-electron chi connectivity index (χ1n) is 5.18. The summed E-state index contributed by atoms with van der Waals surface area (Å²) < 4.78 is 0. The third-order valence-electron chi connectivity index (χ3n) is 3.08. The van der Waals surface area contributed by atoms with Crippen LogP contribution in [-0.2, 0) is 11.5 Å². The fraction of sp³-hybridized carbons (Fsp3) is 0.231. The van der Waals surface area contributed by atoms with Crippen molar-refractivity contribution in [1.82, 2.24) is 0 Å². The van der Waals surface area contributed by atoms with Crippen LogP contribution in [0.3, 0.4) is 0 Å². The summed E-state index contributed by atoms with van der Waals surface area (Å²) in [6, 6.07) is 9.78. The van der Waals surface area contributed by atoms with Crippen LogP contribution in [0.5, 0.6) is 5.75 Å². The van der Waals surface area contributed by atoms with Gasteiger partial charge in [-0.2, -0.15) is 0 Å². The second-order valence-corrected chi connectivity index (χ2v) is 4.95. The summed E-state index contributed by atoms with van der Waals surface area (Å²) in [4.78, 5) is 1.42. The van der Waals surface area contributed by atoms with E-state index in [9.17, 15) is 5.11 Å². The van der Waals surface area contributed by atoms with Crippen LogP contribution in [0.25, 0.3) is 0 Å². The zero-order valence-corrected chi connectivity index (χ0v) is 9.09. The van der Waals surface area contributed by atoms with Gasteiger partial charge in [0, 0.05) is 10.8 Å². The molecule has 1 aliphatic rings. The maximum absolute atomic E-state index is 11.2. The predicted molar refractivity (Wildman–Crippen MR) is 61.1 cm³/mol. The zero-order valence-electron chi connectivity index (χ0n) is 8.27. The summed E-state index contributed by atoms with van der Waals surface area (Å²) in [5, 5.41) is 13.3. The van der Waals surface area contributed by atoms with Gasteiger partial charge in [-0.25, -0.2) is 0 Å². The lowest BCUT2D eigenvalue weighted by atomic mass is 10.00. The average molecular weight is 215 g/mol. The van der Waals surface area contributed by atoms with Crippen LogP contribution in [0.1, 0.15) is 28.3 Å². The molecule has 0 saturated carbocycles. The van der Waals surface area contributed by atoms with Crippen LogP contribution in [0.4, 0.5) is 0 Å². The predicted octanol–water partition coefficient (Wildman–Crippen LogP) is 3.97. The van der Waals surface area contributed by atoms with Crippen molar-refractivity contribution in [2.45, 2.75) is 18.8 Å². The van der Waals surface area contributed by atoms with Gasteiger partial charge in [0.15, 0.2) is 5.75 Å². The molecule has 0 bridgehead atoms. The summed E-state index contributed by atoms with van der Waals surface area (Å²) in [6.45, 7) is 0. The van der Waals surface area contributed by atoms with Crippen molar-refractivity contribution in [2.24, 2.45) is 0 Å². The van der Waals surface area contributed by atoms with E-state index >= 15 is 0 Å².